The lowest BCUT2D eigenvalue weighted by atomic mass is 10.2. The normalized spacial score (nSPS) is 13.5. The molecule has 0 aliphatic heterocycles. The van der Waals surface area contributed by atoms with Gasteiger partial charge >= 0.3 is 5.69 Å². The van der Waals surface area contributed by atoms with Crippen LogP contribution in [0, 0.1) is 11.8 Å². The zero-order valence-electron chi connectivity index (χ0n) is 18.1. The van der Waals surface area contributed by atoms with E-state index in [1.165, 1.54) is 4.57 Å². The summed E-state index contributed by atoms with van der Waals surface area (Å²) in [6.45, 7) is 4.26. The smallest absolute Gasteiger partial charge is 0.324 e. The highest BCUT2D eigenvalue weighted by molar-refractivity contribution is 5.84. The molecular formula is C22H26N6O4. The molecule has 10 nitrogen and oxygen atoms in total. The van der Waals surface area contributed by atoms with Gasteiger partial charge in [-0.1, -0.05) is 44.2 Å². The van der Waals surface area contributed by atoms with E-state index in [1.54, 1.807) is 10.9 Å². The van der Waals surface area contributed by atoms with Crippen LogP contribution in [-0.2, 0) is 29.2 Å². The fourth-order valence-corrected chi connectivity index (χ4v) is 3.58. The molecule has 2 amide bonds. The molecule has 32 heavy (non-hydrogen) atoms. The van der Waals surface area contributed by atoms with Gasteiger partial charge in [0, 0.05) is 12.5 Å². The van der Waals surface area contributed by atoms with E-state index in [0.29, 0.717) is 6.54 Å². The number of nitrogens with one attached hydrogen (secondary N) is 2. The van der Waals surface area contributed by atoms with Crippen LogP contribution in [0.1, 0.15) is 32.3 Å². The van der Waals surface area contributed by atoms with Gasteiger partial charge in [0.05, 0.1) is 12.9 Å². The number of benzene rings is 1. The molecule has 0 spiro atoms. The summed E-state index contributed by atoms with van der Waals surface area (Å²) in [5.41, 5.74) is 4.83. The van der Waals surface area contributed by atoms with Crippen molar-refractivity contribution < 1.29 is 9.59 Å². The minimum atomic E-state index is -0.654. The fourth-order valence-electron chi connectivity index (χ4n) is 3.58. The van der Waals surface area contributed by atoms with Gasteiger partial charge in [-0.25, -0.2) is 14.3 Å². The van der Waals surface area contributed by atoms with Gasteiger partial charge in [0.25, 0.3) is 11.5 Å². The number of fused-ring (bicyclic) bond motifs is 1. The molecule has 3 aromatic rings. The van der Waals surface area contributed by atoms with E-state index in [0.717, 1.165) is 23.0 Å². The van der Waals surface area contributed by atoms with Crippen LogP contribution in [0.15, 0.2) is 46.2 Å². The minimum absolute atomic E-state index is 0.0807. The van der Waals surface area contributed by atoms with Crippen LogP contribution >= 0.6 is 0 Å². The van der Waals surface area contributed by atoms with E-state index in [-0.39, 0.29) is 35.5 Å². The molecule has 1 aromatic carbocycles. The van der Waals surface area contributed by atoms with Crippen LogP contribution in [-0.4, -0.2) is 30.5 Å². The Kier molecular flexibility index (Phi) is 5.93. The molecule has 4 rings (SSSR count). The first-order valence-corrected chi connectivity index (χ1v) is 10.7. The highest BCUT2D eigenvalue weighted by Gasteiger charge is 2.30. The summed E-state index contributed by atoms with van der Waals surface area (Å²) < 4.78 is 4.01. The number of nitrogens with zero attached hydrogens (tertiary/aromatic N) is 4. The van der Waals surface area contributed by atoms with Gasteiger partial charge in [0.2, 0.25) is 5.91 Å². The van der Waals surface area contributed by atoms with Crippen molar-refractivity contribution >= 4 is 23.0 Å². The number of carbonyl (C=O) groups is 2. The van der Waals surface area contributed by atoms with Crippen molar-refractivity contribution in [3.05, 3.63) is 63.1 Å². The molecule has 2 N–H and O–H groups in total. The number of hydrazine groups is 1. The lowest BCUT2D eigenvalue weighted by Gasteiger charge is -2.14. The van der Waals surface area contributed by atoms with E-state index in [9.17, 15) is 19.2 Å². The second-order valence-corrected chi connectivity index (χ2v) is 8.52. The standard InChI is InChI=1S/C22H26N6O4/c1-14(2)10-26-13-23-19-18(26)21(31)28(12-17(29)24-25-20(30)16-8-9-16)22(32)27(19)11-15-6-4-3-5-7-15/h3-7,13-14,16H,8-12H2,1-2H3,(H,24,29)(H,25,30). The van der Waals surface area contributed by atoms with Gasteiger partial charge in [0.1, 0.15) is 6.54 Å². The highest BCUT2D eigenvalue weighted by atomic mass is 16.2. The van der Waals surface area contributed by atoms with Crippen LogP contribution in [0.25, 0.3) is 11.2 Å². The Bertz CT molecular complexity index is 1270. The lowest BCUT2D eigenvalue weighted by Crippen LogP contribution is -2.48. The van der Waals surface area contributed by atoms with Crippen molar-refractivity contribution in [2.24, 2.45) is 11.8 Å². The quantitative estimate of drug-likeness (QED) is 0.524. The first-order chi connectivity index (χ1) is 15.3. The zero-order chi connectivity index (χ0) is 22.8. The third-order valence-electron chi connectivity index (χ3n) is 5.30. The van der Waals surface area contributed by atoms with E-state index in [2.05, 4.69) is 15.8 Å². The maximum absolute atomic E-state index is 13.2. The minimum Gasteiger partial charge on any atom is -0.324 e. The molecular weight excluding hydrogens is 412 g/mol. The monoisotopic (exact) mass is 438 g/mol. The van der Waals surface area contributed by atoms with E-state index < -0.39 is 23.7 Å². The summed E-state index contributed by atoms with van der Waals surface area (Å²) in [6.07, 6.45) is 3.14. The predicted molar refractivity (Wildman–Crippen MR) is 118 cm³/mol. The van der Waals surface area contributed by atoms with Crippen molar-refractivity contribution in [3.8, 4) is 0 Å². The highest BCUT2D eigenvalue weighted by Crippen LogP contribution is 2.28. The molecule has 0 radical (unpaired) electrons. The Labute approximate surface area is 183 Å². The molecule has 2 aromatic heterocycles. The van der Waals surface area contributed by atoms with Crippen LogP contribution in [0.2, 0.25) is 0 Å². The maximum Gasteiger partial charge on any atom is 0.333 e. The molecule has 1 saturated carbocycles. The Morgan fingerprint density at radius 3 is 2.47 bits per heavy atom. The number of hydrogen-bond acceptors (Lipinski definition) is 5. The van der Waals surface area contributed by atoms with E-state index >= 15 is 0 Å². The molecule has 2 heterocycles. The first kappa shape index (κ1) is 21.5. The van der Waals surface area contributed by atoms with Gasteiger partial charge in [-0.2, -0.15) is 0 Å². The van der Waals surface area contributed by atoms with Crippen LogP contribution in [0.5, 0.6) is 0 Å². The van der Waals surface area contributed by atoms with Crippen LogP contribution < -0.4 is 22.1 Å². The predicted octanol–water partition coefficient (Wildman–Crippen LogP) is 0.621. The second-order valence-electron chi connectivity index (χ2n) is 8.52. The number of aromatic nitrogens is 4. The van der Waals surface area contributed by atoms with Gasteiger partial charge in [-0.3, -0.25) is 29.8 Å². The number of amides is 2. The number of hydrogen-bond donors (Lipinski definition) is 2. The molecule has 1 aliphatic carbocycles. The Hall–Kier alpha value is -3.69. The Morgan fingerprint density at radius 2 is 1.81 bits per heavy atom. The molecule has 0 unspecified atom stereocenters. The van der Waals surface area contributed by atoms with Crippen LogP contribution in [0.4, 0.5) is 0 Å². The average Bonchev–Trinajstić information content (AvgIpc) is 3.54. The molecule has 0 atom stereocenters. The van der Waals surface area contributed by atoms with Gasteiger partial charge in [-0.15, -0.1) is 0 Å². The number of imidazole rings is 1. The van der Waals surface area contributed by atoms with Crippen molar-refractivity contribution in [1.82, 2.24) is 29.5 Å². The van der Waals surface area contributed by atoms with Crippen molar-refractivity contribution in [2.45, 2.75) is 46.3 Å². The van der Waals surface area contributed by atoms with Crippen molar-refractivity contribution in [1.29, 1.82) is 0 Å². The molecule has 168 valence electrons. The largest absolute Gasteiger partial charge is 0.333 e. The molecule has 0 saturated heterocycles. The first-order valence-electron chi connectivity index (χ1n) is 10.7. The molecule has 10 heteroatoms. The van der Waals surface area contributed by atoms with E-state index in [4.69, 9.17) is 0 Å². The summed E-state index contributed by atoms with van der Waals surface area (Å²) in [6, 6.07) is 9.35. The SMILES string of the molecule is CC(C)Cn1cnc2c1c(=O)n(CC(=O)NNC(=O)C1CC1)c(=O)n2Cc1ccccc1. The molecule has 0 bridgehead atoms. The summed E-state index contributed by atoms with van der Waals surface area (Å²) in [4.78, 5) is 55.0. The maximum atomic E-state index is 13.2. The summed E-state index contributed by atoms with van der Waals surface area (Å²) in [5, 5.41) is 0. The van der Waals surface area contributed by atoms with E-state index in [1.807, 2.05) is 44.2 Å². The van der Waals surface area contributed by atoms with Crippen LogP contribution in [0.3, 0.4) is 0 Å². The van der Waals surface area contributed by atoms with Gasteiger partial charge in [0.15, 0.2) is 11.2 Å². The van der Waals surface area contributed by atoms with Crippen molar-refractivity contribution in [2.75, 3.05) is 0 Å². The molecule has 1 aliphatic rings. The third-order valence-corrected chi connectivity index (χ3v) is 5.30. The third kappa shape index (κ3) is 4.48. The number of carbonyl (C=O) groups excluding carboxylic acids is 2. The number of rotatable bonds is 7. The zero-order valence-corrected chi connectivity index (χ0v) is 18.1. The second kappa shape index (κ2) is 8.81. The molecule has 1 fully saturated rings. The lowest BCUT2D eigenvalue weighted by molar-refractivity contribution is -0.129. The topological polar surface area (TPSA) is 120 Å². The Balaban J connectivity index is 1.73. The van der Waals surface area contributed by atoms with Crippen molar-refractivity contribution in [3.63, 3.8) is 0 Å². The fraction of sp³-hybridized carbons (Fsp3) is 0.409. The average molecular weight is 438 g/mol. The summed E-state index contributed by atoms with van der Waals surface area (Å²) in [7, 11) is 0. The van der Waals surface area contributed by atoms with Gasteiger partial charge in [-0.05, 0) is 24.3 Å². The summed E-state index contributed by atoms with van der Waals surface area (Å²) >= 11 is 0. The van der Waals surface area contributed by atoms with Gasteiger partial charge < -0.3 is 4.57 Å². The Morgan fingerprint density at radius 1 is 1.09 bits per heavy atom. The summed E-state index contributed by atoms with van der Waals surface area (Å²) in [5.74, 6) is -0.755.